The van der Waals surface area contributed by atoms with Gasteiger partial charge < -0.3 is 14.4 Å². The second kappa shape index (κ2) is 7.51. The molecular weight excluding hydrogens is 318 g/mol. The van der Waals surface area contributed by atoms with E-state index in [0.29, 0.717) is 23.8 Å². The highest BCUT2D eigenvalue weighted by molar-refractivity contribution is 5.94. The molecule has 1 aromatic carbocycles. The van der Waals surface area contributed by atoms with Gasteiger partial charge in [0, 0.05) is 23.9 Å². The monoisotopic (exact) mass is 341 g/mol. The van der Waals surface area contributed by atoms with Crippen LogP contribution in [-0.4, -0.2) is 47.1 Å². The Hall–Kier alpha value is -2.63. The van der Waals surface area contributed by atoms with Crippen LogP contribution >= 0.6 is 0 Å². The molecule has 6 nitrogen and oxygen atoms in total. The number of rotatable bonds is 4. The number of methoxy groups -OCH3 is 1. The molecule has 1 atom stereocenters. The summed E-state index contributed by atoms with van der Waals surface area (Å²) in [5.41, 5.74) is 1.54. The van der Waals surface area contributed by atoms with Crippen LogP contribution in [0.2, 0.25) is 0 Å². The lowest BCUT2D eigenvalue weighted by atomic mass is 10.1. The second-order valence-electron chi connectivity index (χ2n) is 6.26. The fraction of sp³-hybridized carbons (Fsp3) is 0.421. The summed E-state index contributed by atoms with van der Waals surface area (Å²) in [5.74, 6) is 2.03. The lowest BCUT2D eigenvalue weighted by molar-refractivity contribution is 0.0526. The third kappa shape index (κ3) is 4.26. The van der Waals surface area contributed by atoms with Gasteiger partial charge >= 0.3 is 0 Å². The number of carbonyl (C=O) groups excluding carboxylic acids is 1. The van der Waals surface area contributed by atoms with E-state index in [-0.39, 0.29) is 12.0 Å². The van der Waals surface area contributed by atoms with E-state index in [0.717, 1.165) is 30.8 Å². The van der Waals surface area contributed by atoms with Crippen molar-refractivity contribution in [2.24, 2.45) is 0 Å². The molecule has 0 N–H and O–H groups in total. The number of aromatic nitrogens is 2. The molecule has 1 aliphatic heterocycles. The lowest BCUT2D eigenvalue weighted by Crippen LogP contribution is -2.44. The van der Waals surface area contributed by atoms with Gasteiger partial charge in [0.05, 0.1) is 13.7 Å². The molecule has 1 saturated heterocycles. The summed E-state index contributed by atoms with van der Waals surface area (Å²) >= 11 is 0. The predicted molar refractivity (Wildman–Crippen MR) is 94.1 cm³/mol. The van der Waals surface area contributed by atoms with Crippen molar-refractivity contribution >= 4 is 5.91 Å². The van der Waals surface area contributed by atoms with Crippen LogP contribution in [0, 0.1) is 13.8 Å². The van der Waals surface area contributed by atoms with Gasteiger partial charge in [-0.1, -0.05) is 0 Å². The first-order valence-corrected chi connectivity index (χ1v) is 8.47. The number of benzene rings is 1. The minimum Gasteiger partial charge on any atom is -0.497 e. The molecule has 1 aromatic heterocycles. The Morgan fingerprint density at radius 2 is 1.96 bits per heavy atom. The van der Waals surface area contributed by atoms with Crippen LogP contribution in [0.25, 0.3) is 0 Å². The van der Waals surface area contributed by atoms with Crippen molar-refractivity contribution in [3.8, 4) is 11.6 Å². The normalized spacial score (nSPS) is 17.2. The molecule has 3 rings (SSSR count). The summed E-state index contributed by atoms with van der Waals surface area (Å²) < 4.78 is 11.1. The van der Waals surface area contributed by atoms with E-state index in [2.05, 4.69) is 9.97 Å². The van der Waals surface area contributed by atoms with Gasteiger partial charge in [-0.15, -0.1) is 0 Å². The molecule has 0 spiro atoms. The first-order valence-electron chi connectivity index (χ1n) is 8.47. The molecule has 1 aliphatic rings. The minimum absolute atomic E-state index is 0.0194. The van der Waals surface area contributed by atoms with Gasteiger partial charge in [-0.05, 0) is 51.0 Å². The third-order valence-corrected chi connectivity index (χ3v) is 4.23. The van der Waals surface area contributed by atoms with Crippen LogP contribution in [0.4, 0.5) is 0 Å². The van der Waals surface area contributed by atoms with E-state index in [1.54, 1.807) is 31.4 Å². The van der Waals surface area contributed by atoms with Crippen LogP contribution in [0.5, 0.6) is 11.6 Å². The summed E-state index contributed by atoms with van der Waals surface area (Å²) in [6.45, 7) is 5.07. The number of ether oxygens (including phenoxy) is 2. The number of likely N-dealkylation sites (tertiary alicyclic amines) is 1. The first-order chi connectivity index (χ1) is 12.0. The largest absolute Gasteiger partial charge is 0.497 e. The molecule has 1 fully saturated rings. The van der Waals surface area contributed by atoms with E-state index in [4.69, 9.17) is 9.47 Å². The van der Waals surface area contributed by atoms with E-state index >= 15 is 0 Å². The van der Waals surface area contributed by atoms with E-state index in [1.807, 2.05) is 24.8 Å². The van der Waals surface area contributed by atoms with E-state index in [1.165, 1.54) is 0 Å². The van der Waals surface area contributed by atoms with Gasteiger partial charge in [0.15, 0.2) is 0 Å². The summed E-state index contributed by atoms with van der Waals surface area (Å²) in [6, 6.07) is 9.03. The molecule has 2 aromatic rings. The number of amides is 1. The maximum Gasteiger partial charge on any atom is 0.253 e. The number of hydrogen-bond acceptors (Lipinski definition) is 5. The summed E-state index contributed by atoms with van der Waals surface area (Å²) in [5, 5.41) is 0. The summed E-state index contributed by atoms with van der Waals surface area (Å²) in [7, 11) is 1.61. The van der Waals surface area contributed by atoms with Gasteiger partial charge in [0.2, 0.25) is 5.88 Å². The van der Waals surface area contributed by atoms with Crippen LogP contribution in [-0.2, 0) is 0 Å². The van der Waals surface area contributed by atoms with Crippen molar-refractivity contribution in [1.82, 2.24) is 14.9 Å². The van der Waals surface area contributed by atoms with Gasteiger partial charge in [0.25, 0.3) is 5.91 Å². The number of piperidine rings is 1. The zero-order chi connectivity index (χ0) is 17.8. The Morgan fingerprint density at radius 1 is 1.20 bits per heavy atom. The van der Waals surface area contributed by atoms with Crippen molar-refractivity contribution in [3.05, 3.63) is 47.4 Å². The fourth-order valence-electron chi connectivity index (χ4n) is 3.05. The average Bonchev–Trinajstić information content (AvgIpc) is 2.60. The molecule has 0 saturated carbocycles. The van der Waals surface area contributed by atoms with E-state index in [9.17, 15) is 4.79 Å². The van der Waals surface area contributed by atoms with Gasteiger partial charge in [-0.25, -0.2) is 4.98 Å². The van der Waals surface area contributed by atoms with Crippen molar-refractivity contribution in [3.63, 3.8) is 0 Å². The van der Waals surface area contributed by atoms with Gasteiger partial charge in [-0.3, -0.25) is 4.79 Å². The molecule has 0 radical (unpaired) electrons. The second-order valence-corrected chi connectivity index (χ2v) is 6.26. The SMILES string of the molecule is COc1ccc(C(=O)N2CCCC(Oc3cc(C)nc(C)n3)C2)cc1. The highest BCUT2D eigenvalue weighted by Crippen LogP contribution is 2.20. The molecule has 25 heavy (non-hydrogen) atoms. The summed E-state index contributed by atoms with van der Waals surface area (Å²) in [4.78, 5) is 23.1. The molecule has 132 valence electrons. The predicted octanol–water partition coefficient (Wildman–Crippen LogP) is 2.79. The van der Waals surface area contributed by atoms with Crippen LogP contribution in [0.15, 0.2) is 30.3 Å². The van der Waals surface area contributed by atoms with Crippen molar-refractivity contribution in [2.75, 3.05) is 20.2 Å². The van der Waals surface area contributed by atoms with Gasteiger partial charge in [-0.2, -0.15) is 4.98 Å². The van der Waals surface area contributed by atoms with Crippen LogP contribution in [0.1, 0.15) is 34.7 Å². The number of nitrogens with zero attached hydrogens (tertiary/aromatic N) is 3. The molecule has 0 bridgehead atoms. The number of hydrogen-bond donors (Lipinski definition) is 0. The Balaban J connectivity index is 1.66. The van der Waals surface area contributed by atoms with Crippen molar-refractivity contribution in [2.45, 2.75) is 32.8 Å². The van der Waals surface area contributed by atoms with Gasteiger partial charge in [0.1, 0.15) is 17.7 Å². The summed E-state index contributed by atoms with van der Waals surface area (Å²) in [6.07, 6.45) is 1.77. The molecular formula is C19H23N3O3. The Bertz CT molecular complexity index is 726. The minimum atomic E-state index is -0.0513. The van der Waals surface area contributed by atoms with Crippen LogP contribution < -0.4 is 9.47 Å². The standard InChI is InChI=1S/C19H23N3O3/c1-13-11-18(21-14(2)20-13)25-17-5-4-10-22(12-17)19(23)15-6-8-16(24-3)9-7-15/h6-9,11,17H,4-5,10,12H2,1-3H3. The maximum atomic E-state index is 12.7. The van der Waals surface area contributed by atoms with Crippen LogP contribution in [0.3, 0.4) is 0 Å². The highest BCUT2D eigenvalue weighted by atomic mass is 16.5. The highest BCUT2D eigenvalue weighted by Gasteiger charge is 2.26. The van der Waals surface area contributed by atoms with E-state index < -0.39 is 0 Å². The topological polar surface area (TPSA) is 64.5 Å². The maximum absolute atomic E-state index is 12.7. The lowest BCUT2D eigenvalue weighted by Gasteiger charge is -2.32. The smallest absolute Gasteiger partial charge is 0.253 e. The number of carbonyl (C=O) groups is 1. The molecule has 2 heterocycles. The third-order valence-electron chi connectivity index (χ3n) is 4.23. The first kappa shape index (κ1) is 17.2. The Kier molecular flexibility index (Phi) is 5.16. The average molecular weight is 341 g/mol. The zero-order valence-electron chi connectivity index (χ0n) is 14.9. The molecule has 1 unspecified atom stereocenters. The van der Waals surface area contributed by atoms with Crippen molar-refractivity contribution < 1.29 is 14.3 Å². The van der Waals surface area contributed by atoms with Crippen molar-refractivity contribution in [1.29, 1.82) is 0 Å². The molecule has 6 heteroatoms. The molecule has 1 amide bonds. The molecule has 0 aliphatic carbocycles. The Labute approximate surface area is 147 Å². The Morgan fingerprint density at radius 3 is 2.64 bits per heavy atom. The quantitative estimate of drug-likeness (QED) is 0.855. The fourth-order valence-corrected chi connectivity index (χ4v) is 3.05. The number of aryl methyl sites for hydroxylation is 2. The zero-order valence-corrected chi connectivity index (χ0v) is 14.9.